The highest BCUT2D eigenvalue weighted by Crippen LogP contribution is 2.26. The van der Waals surface area contributed by atoms with Crippen LogP contribution in [0.4, 0.5) is 0 Å². The van der Waals surface area contributed by atoms with E-state index in [4.69, 9.17) is 24.2 Å². The molecule has 19 heavy (non-hydrogen) atoms. The molecule has 0 saturated carbocycles. The Kier molecular flexibility index (Phi) is 4.28. The Morgan fingerprint density at radius 3 is 2.11 bits per heavy atom. The molecule has 0 aliphatic rings. The van der Waals surface area contributed by atoms with Gasteiger partial charge in [-0.1, -0.05) is 6.07 Å². The fourth-order valence-electron chi connectivity index (χ4n) is 1.51. The Labute approximate surface area is 111 Å². The molecule has 2 N–H and O–H groups in total. The van der Waals surface area contributed by atoms with Gasteiger partial charge in [0.2, 0.25) is 0 Å². The van der Waals surface area contributed by atoms with Crippen molar-refractivity contribution in [1.29, 1.82) is 0 Å². The summed E-state index contributed by atoms with van der Waals surface area (Å²) < 4.78 is 15.4. The Hall–Kier alpha value is -2.18. The number of ether oxygens (including phenoxy) is 2. The molecule has 0 aromatic heterocycles. The normalized spacial score (nSPS) is 9.84. The van der Waals surface area contributed by atoms with Crippen LogP contribution in [0.1, 0.15) is 0 Å². The lowest BCUT2D eigenvalue weighted by Gasteiger charge is -2.08. The quantitative estimate of drug-likeness (QED) is 0.803. The van der Waals surface area contributed by atoms with E-state index in [1.807, 2.05) is 18.2 Å². The molecule has 6 heteroatoms. The van der Waals surface area contributed by atoms with Gasteiger partial charge in [-0.15, -0.1) is 0 Å². The van der Waals surface area contributed by atoms with E-state index in [-0.39, 0.29) is 0 Å². The zero-order valence-electron chi connectivity index (χ0n) is 10.3. The summed E-state index contributed by atoms with van der Waals surface area (Å²) in [6.07, 6.45) is 0. The predicted octanol–water partition coefficient (Wildman–Crippen LogP) is 1.84. The molecule has 0 saturated heterocycles. The predicted molar refractivity (Wildman–Crippen MR) is 70.3 cm³/mol. The minimum absolute atomic E-state index is 0.341. The highest BCUT2D eigenvalue weighted by Gasteiger charge is 2.10. The first kappa shape index (κ1) is 13.3. The molecular formula is C13H13BO5. The van der Waals surface area contributed by atoms with Gasteiger partial charge >= 0.3 is 7.32 Å². The number of hydrogen-bond donors (Lipinski definition) is 2. The molecule has 98 valence electrons. The summed E-state index contributed by atoms with van der Waals surface area (Å²) in [7, 11) is -0.240. The molecule has 0 amide bonds. The molecule has 0 aliphatic carbocycles. The third-order valence-electron chi connectivity index (χ3n) is 2.34. The van der Waals surface area contributed by atoms with Gasteiger partial charge in [0, 0.05) is 6.07 Å². The van der Waals surface area contributed by atoms with Gasteiger partial charge in [-0.3, -0.25) is 0 Å². The van der Waals surface area contributed by atoms with Crippen LogP contribution in [0, 0.1) is 0 Å². The molecule has 0 unspecified atom stereocenters. The summed E-state index contributed by atoms with van der Waals surface area (Å²) >= 11 is 0. The van der Waals surface area contributed by atoms with Crippen molar-refractivity contribution in [2.24, 2.45) is 0 Å². The highest BCUT2D eigenvalue weighted by atomic mass is 16.6. The van der Waals surface area contributed by atoms with E-state index >= 15 is 0 Å². The van der Waals surface area contributed by atoms with E-state index in [9.17, 15) is 0 Å². The summed E-state index contributed by atoms with van der Waals surface area (Å²) in [5.41, 5.74) is 0. The second-order valence-corrected chi connectivity index (χ2v) is 3.70. The van der Waals surface area contributed by atoms with E-state index in [0.717, 1.165) is 0 Å². The maximum absolute atomic E-state index is 8.66. The van der Waals surface area contributed by atoms with Crippen molar-refractivity contribution in [3.05, 3.63) is 48.5 Å². The fourth-order valence-corrected chi connectivity index (χ4v) is 1.51. The fraction of sp³-hybridized carbons (Fsp3) is 0.0769. The maximum atomic E-state index is 8.66. The average molecular weight is 260 g/mol. The third-order valence-corrected chi connectivity index (χ3v) is 2.34. The van der Waals surface area contributed by atoms with Gasteiger partial charge in [-0.25, -0.2) is 0 Å². The molecule has 0 spiro atoms. The van der Waals surface area contributed by atoms with Crippen LogP contribution in [0.15, 0.2) is 48.5 Å². The first-order chi connectivity index (χ1) is 9.17. The van der Waals surface area contributed by atoms with Gasteiger partial charge in [-0.05, 0) is 36.4 Å². The van der Waals surface area contributed by atoms with Crippen molar-refractivity contribution in [3.8, 4) is 23.0 Å². The summed E-state index contributed by atoms with van der Waals surface area (Å²) in [6, 6.07) is 13.7. The first-order valence-electron chi connectivity index (χ1n) is 5.62. The number of rotatable bonds is 5. The van der Waals surface area contributed by atoms with Crippen molar-refractivity contribution >= 4 is 7.32 Å². The minimum Gasteiger partial charge on any atom is -0.512 e. The monoisotopic (exact) mass is 260 g/mol. The van der Waals surface area contributed by atoms with Crippen molar-refractivity contribution in [2.75, 3.05) is 7.11 Å². The number of methoxy groups -OCH3 is 1. The van der Waals surface area contributed by atoms with Crippen LogP contribution in [0.3, 0.4) is 0 Å². The van der Waals surface area contributed by atoms with Gasteiger partial charge in [-0.2, -0.15) is 0 Å². The SMILES string of the molecule is COc1cccc(Oc2ccc(OB(O)O)cc2)c1. The molecule has 0 fully saturated rings. The molecule has 2 aromatic carbocycles. The van der Waals surface area contributed by atoms with Crippen LogP contribution in [0.25, 0.3) is 0 Å². The van der Waals surface area contributed by atoms with Crippen molar-refractivity contribution in [2.45, 2.75) is 0 Å². The maximum Gasteiger partial charge on any atom is 0.707 e. The topological polar surface area (TPSA) is 68.2 Å². The summed E-state index contributed by atoms with van der Waals surface area (Å²) in [6.45, 7) is 0. The summed E-state index contributed by atoms with van der Waals surface area (Å²) in [5.74, 6) is 2.30. The van der Waals surface area contributed by atoms with Crippen LogP contribution >= 0.6 is 0 Å². The molecule has 5 nitrogen and oxygen atoms in total. The molecule has 0 aliphatic heterocycles. The molecule has 0 heterocycles. The van der Waals surface area contributed by atoms with Gasteiger partial charge < -0.3 is 24.2 Å². The zero-order chi connectivity index (χ0) is 13.7. The Bertz CT molecular complexity index is 527. The molecule has 0 atom stereocenters. The van der Waals surface area contributed by atoms with Gasteiger partial charge in [0.25, 0.3) is 0 Å². The standard InChI is InChI=1S/C13H13BO5/c1-17-12-3-2-4-13(9-12)18-10-5-7-11(8-6-10)19-14(15)16/h2-9,15-16H,1H3. The minimum atomic E-state index is -1.83. The van der Waals surface area contributed by atoms with Crippen molar-refractivity contribution < 1.29 is 24.2 Å². The highest BCUT2D eigenvalue weighted by molar-refractivity contribution is 6.33. The smallest absolute Gasteiger partial charge is 0.512 e. The first-order valence-corrected chi connectivity index (χ1v) is 5.62. The number of hydrogen-bond acceptors (Lipinski definition) is 5. The Morgan fingerprint density at radius 2 is 1.47 bits per heavy atom. The van der Waals surface area contributed by atoms with Gasteiger partial charge in [0.05, 0.1) is 7.11 Å². The summed E-state index contributed by atoms with van der Waals surface area (Å²) in [5, 5.41) is 17.3. The molecular weight excluding hydrogens is 247 g/mol. The Balaban J connectivity index is 2.06. The van der Waals surface area contributed by atoms with E-state index in [1.165, 1.54) is 0 Å². The van der Waals surface area contributed by atoms with E-state index in [0.29, 0.717) is 23.0 Å². The van der Waals surface area contributed by atoms with Crippen LogP contribution < -0.4 is 14.1 Å². The average Bonchev–Trinajstić information content (AvgIpc) is 2.41. The second-order valence-electron chi connectivity index (χ2n) is 3.70. The lowest BCUT2D eigenvalue weighted by molar-refractivity contribution is 0.288. The van der Waals surface area contributed by atoms with Crippen molar-refractivity contribution in [3.63, 3.8) is 0 Å². The summed E-state index contributed by atoms with van der Waals surface area (Å²) in [4.78, 5) is 0. The largest absolute Gasteiger partial charge is 0.707 e. The van der Waals surface area contributed by atoms with Gasteiger partial charge in [0.15, 0.2) is 0 Å². The molecule has 2 aromatic rings. The molecule has 0 radical (unpaired) electrons. The van der Waals surface area contributed by atoms with E-state index in [1.54, 1.807) is 37.4 Å². The Morgan fingerprint density at radius 1 is 0.842 bits per heavy atom. The van der Waals surface area contributed by atoms with Crippen LogP contribution in [0.5, 0.6) is 23.0 Å². The van der Waals surface area contributed by atoms with Gasteiger partial charge in [0.1, 0.15) is 23.0 Å². The van der Waals surface area contributed by atoms with Crippen LogP contribution in [-0.2, 0) is 0 Å². The molecule has 2 rings (SSSR count). The van der Waals surface area contributed by atoms with Crippen molar-refractivity contribution in [1.82, 2.24) is 0 Å². The zero-order valence-corrected chi connectivity index (χ0v) is 10.3. The second kappa shape index (κ2) is 6.13. The van der Waals surface area contributed by atoms with E-state index in [2.05, 4.69) is 0 Å². The van der Waals surface area contributed by atoms with E-state index < -0.39 is 7.32 Å². The molecule has 0 bridgehead atoms. The lowest BCUT2D eigenvalue weighted by Crippen LogP contribution is -2.20. The number of benzene rings is 2. The lowest BCUT2D eigenvalue weighted by atomic mass is 10.2. The van der Waals surface area contributed by atoms with Crippen LogP contribution in [-0.4, -0.2) is 24.5 Å². The third kappa shape index (κ3) is 3.91. The van der Waals surface area contributed by atoms with Crippen LogP contribution in [0.2, 0.25) is 0 Å².